The molecule has 2 fully saturated rings. The topological polar surface area (TPSA) is 92.7 Å². The standard InChI is InChI=1S/C26H29NO5S/c1-13(2)20-16-10-11-17(20)22(25(29)30)21(16)23(28)27-24-18(26(31)32-4)12-19(33-24)14(3)15-8-6-5-7-9-15/h5-9,12,14,16-17,21-22H,10-11H2,1-4H3,(H,27,28)(H,29,30). The number of methoxy groups -OCH3 is 1. The second-order valence-corrected chi connectivity index (χ2v) is 10.2. The van der Waals surface area contributed by atoms with E-state index in [1.165, 1.54) is 18.4 Å². The first-order valence-electron chi connectivity index (χ1n) is 11.2. The van der Waals surface area contributed by atoms with Crippen molar-refractivity contribution in [1.82, 2.24) is 0 Å². The third kappa shape index (κ3) is 4.10. The molecule has 0 spiro atoms. The first-order chi connectivity index (χ1) is 15.7. The summed E-state index contributed by atoms with van der Waals surface area (Å²) >= 11 is 1.34. The highest BCUT2D eigenvalue weighted by Crippen LogP contribution is 2.57. The fraction of sp³-hybridized carbons (Fsp3) is 0.423. The molecule has 0 aliphatic heterocycles. The van der Waals surface area contributed by atoms with Gasteiger partial charge in [0.25, 0.3) is 0 Å². The van der Waals surface area contributed by atoms with Crippen LogP contribution < -0.4 is 5.32 Å². The van der Waals surface area contributed by atoms with Crippen molar-refractivity contribution in [2.75, 3.05) is 12.4 Å². The smallest absolute Gasteiger partial charge is 0.340 e. The molecule has 4 rings (SSSR count). The number of rotatable bonds is 6. The molecule has 5 unspecified atom stereocenters. The summed E-state index contributed by atoms with van der Waals surface area (Å²) in [5, 5.41) is 13.3. The van der Waals surface area contributed by atoms with Gasteiger partial charge in [-0.1, -0.05) is 48.4 Å². The van der Waals surface area contributed by atoms with Gasteiger partial charge in [0.05, 0.1) is 24.5 Å². The van der Waals surface area contributed by atoms with Crippen molar-refractivity contribution in [3.8, 4) is 0 Å². The number of thiophene rings is 1. The number of allylic oxidation sites excluding steroid dienone is 2. The molecule has 1 heterocycles. The third-order valence-corrected chi connectivity index (χ3v) is 8.36. The van der Waals surface area contributed by atoms with Gasteiger partial charge in [-0.05, 0) is 50.2 Å². The number of carbonyl (C=O) groups excluding carboxylic acids is 2. The van der Waals surface area contributed by atoms with Crippen molar-refractivity contribution >= 4 is 34.2 Å². The van der Waals surface area contributed by atoms with E-state index in [1.54, 1.807) is 6.07 Å². The molecule has 174 valence electrons. The summed E-state index contributed by atoms with van der Waals surface area (Å²) < 4.78 is 4.95. The molecule has 0 radical (unpaired) electrons. The average Bonchev–Trinajstić information content (AvgIpc) is 3.50. The number of esters is 1. The number of benzene rings is 1. The van der Waals surface area contributed by atoms with E-state index in [2.05, 4.69) is 5.32 Å². The molecule has 2 aromatic rings. The van der Waals surface area contributed by atoms with Crippen molar-refractivity contribution in [3.05, 3.63) is 63.5 Å². The number of anilines is 1. The van der Waals surface area contributed by atoms with E-state index in [1.807, 2.05) is 51.1 Å². The molecule has 1 aromatic heterocycles. The van der Waals surface area contributed by atoms with Crippen LogP contribution in [0.15, 0.2) is 47.5 Å². The lowest BCUT2D eigenvalue weighted by Gasteiger charge is -2.26. The van der Waals surface area contributed by atoms with Crippen molar-refractivity contribution in [1.29, 1.82) is 0 Å². The molecule has 5 atom stereocenters. The number of fused-ring (bicyclic) bond motifs is 2. The molecule has 2 N–H and O–H groups in total. The van der Waals surface area contributed by atoms with Gasteiger partial charge in [0, 0.05) is 10.8 Å². The van der Waals surface area contributed by atoms with Gasteiger partial charge >= 0.3 is 11.9 Å². The summed E-state index contributed by atoms with van der Waals surface area (Å²) in [5.74, 6) is -3.31. The Morgan fingerprint density at radius 3 is 2.30 bits per heavy atom. The Labute approximate surface area is 197 Å². The highest BCUT2D eigenvalue weighted by atomic mass is 32.1. The average molecular weight is 468 g/mol. The van der Waals surface area contributed by atoms with Crippen LogP contribution in [0.4, 0.5) is 5.00 Å². The maximum atomic E-state index is 13.5. The van der Waals surface area contributed by atoms with Gasteiger partial charge < -0.3 is 15.2 Å². The van der Waals surface area contributed by atoms with Crippen LogP contribution in [0, 0.1) is 23.7 Å². The van der Waals surface area contributed by atoms with Crippen LogP contribution in [0.5, 0.6) is 0 Å². The molecule has 1 amide bonds. The summed E-state index contributed by atoms with van der Waals surface area (Å²) in [4.78, 5) is 39.0. The lowest BCUT2D eigenvalue weighted by molar-refractivity contribution is -0.148. The summed E-state index contributed by atoms with van der Waals surface area (Å²) in [6, 6.07) is 11.7. The zero-order valence-corrected chi connectivity index (χ0v) is 20.1. The summed E-state index contributed by atoms with van der Waals surface area (Å²) in [6.45, 7) is 6.03. The van der Waals surface area contributed by atoms with Crippen molar-refractivity contribution in [2.24, 2.45) is 23.7 Å². The van der Waals surface area contributed by atoms with Gasteiger partial charge in [0.1, 0.15) is 5.00 Å². The molecule has 2 aliphatic rings. The first kappa shape index (κ1) is 23.2. The molecule has 2 bridgehead atoms. The zero-order valence-electron chi connectivity index (χ0n) is 19.3. The van der Waals surface area contributed by atoms with Gasteiger partial charge in [-0.3, -0.25) is 9.59 Å². The van der Waals surface area contributed by atoms with Gasteiger partial charge in [-0.15, -0.1) is 11.3 Å². The monoisotopic (exact) mass is 467 g/mol. The largest absolute Gasteiger partial charge is 0.481 e. The van der Waals surface area contributed by atoms with Gasteiger partial charge in [0.15, 0.2) is 0 Å². The number of carboxylic acids is 1. The maximum Gasteiger partial charge on any atom is 0.340 e. The van der Waals surface area contributed by atoms with E-state index in [9.17, 15) is 19.5 Å². The number of nitrogens with one attached hydrogen (secondary N) is 1. The lowest BCUT2D eigenvalue weighted by atomic mass is 9.79. The van der Waals surface area contributed by atoms with E-state index in [0.717, 1.165) is 34.4 Å². The predicted octanol–water partition coefficient (Wildman–Crippen LogP) is 5.32. The normalized spacial score (nSPS) is 24.4. The SMILES string of the molecule is COC(=O)c1cc(C(C)c2ccccc2)sc1NC(=O)C1C2CCC(C2=C(C)C)C1C(=O)O. The van der Waals surface area contributed by atoms with Crippen LogP contribution in [-0.2, 0) is 14.3 Å². The van der Waals surface area contributed by atoms with Crippen LogP contribution in [0.25, 0.3) is 0 Å². The highest BCUT2D eigenvalue weighted by molar-refractivity contribution is 7.16. The fourth-order valence-electron chi connectivity index (χ4n) is 5.68. The molecule has 2 saturated carbocycles. The van der Waals surface area contributed by atoms with E-state index in [-0.39, 0.29) is 23.7 Å². The molecular weight excluding hydrogens is 438 g/mol. The van der Waals surface area contributed by atoms with Crippen molar-refractivity contribution < 1.29 is 24.2 Å². The Balaban J connectivity index is 1.66. The minimum absolute atomic E-state index is 0.0248. The van der Waals surface area contributed by atoms with Gasteiger partial charge in [-0.25, -0.2) is 4.79 Å². The number of carboxylic acid groups (broad SMARTS) is 1. The summed E-state index contributed by atoms with van der Waals surface area (Å²) in [7, 11) is 1.31. The van der Waals surface area contributed by atoms with E-state index in [4.69, 9.17) is 4.74 Å². The van der Waals surface area contributed by atoms with Gasteiger partial charge in [-0.2, -0.15) is 0 Å². The number of carbonyl (C=O) groups is 3. The fourth-order valence-corrected chi connectivity index (χ4v) is 6.81. The maximum absolute atomic E-state index is 13.5. The molecular formula is C26H29NO5S. The Hall–Kier alpha value is -2.93. The zero-order chi connectivity index (χ0) is 23.9. The number of hydrogen-bond acceptors (Lipinski definition) is 5. The number of amides is 1. The second-order valence-electron chi connectivity index (χ2n) is 9.14. The van der Waals surface area contributed by atoms with Gasteiger partial charge in [0.2, 0.25) is 5.91 Å². The van der Waals surface area contributed by atoms with Crippen LogP contribution in [0.1, 0.15) is 60.3 Å². The van der Waals surface area contributed by atoms with Crippen molar-refractivity contribution in [3.63, 3.8) is 0 Å². The molecule has 2 aliphatic carbocycles. The van der Waals surface area contributed by atoms with E-state index >= 15 is 0 Å². The van der Waals surface area contributed by atoms with Crippen LogP contribution in [0.3, 0.4) is 0 Å². The minimum Gasteiger partial charge on any atom is -0.481 e. The van der Waals surface area contributed by atoms with Crippen LogP contribution >= 0.6 is 11.3 Å². The first-order valence-corrected chi connectivity index (χ1v) is 12.0. The Morgan fingerprint density at radius 2 is 1.73 bits per heavy atom. The Bertz CT molecular complexity index is 1110. The third-order valence-electron chi connectivity index (χ3n) is 7.13. The Morgan fingerprint density at radius 1 is 1.09 bits per heavy atom. The molecule has 6 nitrogen and oxygen atoms in total. The minimum atomic E-state index is -0.932. The molecule has 1 aromatic carbocycles. The molecule has 0 saturated heterocycles. The number of hydrogen-bond donors (Lipinski definition) is 2. The highest BCUT2D eigenvalue weighted by Gasteiger charge is 2.57. The predicted molar refractivity (Wildman–Crippen MR) is 127 cm³/mol. The summed E-state index contributed by atoms with van der Waals surface area (Å²) in [6.07, 6.45) is 1.62. The van der Waals surface area contributed by atoms with Crippen LogP contribution in [0.2, 0.25) is 0 Å². The number of ether oxygens (including phenoxy) is 1. The molecule has 33 heavy (non-hydrogen) atoms. The Kier molecular flexibility index (Phi) is 6.43. The summed E-state index contributed by atoms with van der Waals surface area (Å²) in [5.41, 5.74) is 3.63. The number of aliphatic carboxylic acids is 1. The van der Waals surface area contributed by atoms with E-state index < -0.39 is 23.8 Å². The van der Waals surface area contributed by atoms with Crippen molar-refractivity contribution in [2.45, 2.75) is 39.5 Å². The molecule has 7 heteroatoms. The lowest BCUT2D eigenvalue weighted by Crippen LogP contribution is -2.37. The quantitative estimate of drug-likeness (QED) is 0.443. The van der Waals surface area contributed by atoms with Crippen LogP contribution in [-0.4, -0.2) is 30.1 Å². The van der Waals surface area contributed by atoms with E-state index in [0.29, 0.717) is 10.6 Å². The second kappa shape index (κ2) is 9.14.